The monoisotopic (exact) mass is 486 g/mol. The van der Waals surface area contributed by atoms with E-state index in [1.165, 1.54) is 24.3 Å². The molecule has 33 heavy (non-hydrogen) atoms. The molecule has 3 N–H and O–H groups in total. The van der Waals surface area contributed by atoms with Gasteiger partial charge in [-0.2, -0.15) is 0 Å². The maximum absolute atomic E-state index is 12.6. The summed E-state index contributed by atoms with van der Waals surface area (Å²) >= 11 is 6.05. The van der Waals surface area contributed by atoms with Gasteiger partial charge in [0, 0.05) is 22.3 Å². The molecule has 3 aromatic carbocycles. The number of carbonyl (C=O) groups is 2. The normalized spacial score (nSPS) is 12.1. The van der Waals surface area contributed by atoms with Crippen LogP contribution in [0.1, 0.15) is 22.3 Å². The van der Waals surface area contributed by atoms with Gasteiger partial charge in [0.05, 0.1) is 12.7 Å². The lowest BCUT2D eigenvalue weighted by atomic mass is 9.99. The zero-order valence-corrected chi connectivity index (χ0v) is 19.4. The van der Waals surface area contributed by atoms with Crippen LogP contribution in [0.4, 0.5) is 5.69 Å². The number of amides is 1. The number of sulfonamides is 1. The number of benzene rings is 3. The standard InChI is InChI=1S/C24H23ClN2O5S/c1-33(31,32)27-21-11-9-18(10-12-21)24(30)26-22(15-23(28)29)13-16-5-7-17(8-6-16)19-3-2-4-20(25)14-19/h2-12,14,22,27H,13,15H2,1H3,(H,26,30)(H,28,29)/t22-/m1/s1. The first-order valence-corrected chi connectivity index (χ1v) is 12.3. The molecule has 1 amide bonds. The topological polar surface area (TPSA) is 113 Å². The van der Waals surface area contributed by atoms with Crippen molar-refractivity contribution in [2.45, 2.75) is 18.9 Å². The summed E-state index contributed by atoms with van der Waals surface area (Å²) in [7, 11) is -3.42. The van der Waals surface area contributed by atoms with Crippen LogP contribution in [0.5, 0.6) is 0 Å². The van der Waals surface area contributed by atoms with Gasteiger partial charge in [-0.3, -0.25) is 14.3 Å². The molecule has 0 aliphatic carbocycles. The highest BCUT2D eigenvalue weighted by Crippen LogP contribution is 2.23. The van der Waals surface area contributed by atoms with Gasteiger partial charge in [-0.05, 0) is 59.5 Å². The van der Waals surface area contributed by atoms with Crippen LogP contribution in [0.2, 0.25) is 5.02 Å². The fourth-order valence-corrected chi connectivity index (χ4v) is 4.10. The van der Waals surface area contributed by atoms with Crippen molar-refractivity contribution >= 4 is 39.2 Å². The number of anilines is 1. The van der Waals surface area contributed by atoms with Gasteiger partial charge in [0.25, 0.3) is 5.91 Å². The summed E-state index contributed by atoms with van der Waals surface area (Å²) < 4.78 is 24.9. The number of nitrogens with one attached hydrogen (secondary N) is 2. The first kappa shape index (κ1) is 24.3. The van der Waals surface area contributed by atoms with E-state index in [-0.39, 0.29) is 6.42 Å². The molecule has 0 aliphatic heterocycles. The molecule has 0 aliphatic rings. The van der Waals surface area contributed by atoms with Crippen LogP contribution < -0.4 is 10.0 Å². The Balaban J connectivity index is 1.69. The molecule has 172 valence electrons. The van der Waals surface area contributed by atoms with E-state index in [0.29, 0.717) is 22.7 Å². The van der Waals surface area contributed by atoms with Gasteiger partial charge in [0.2, 0.25) is 10.0 Å². The number of hydrogen-bond donors (Lipinski definition) is 3. The second-order valence-corrected chi connectivity index (χ2v) is 9.82. The van der Waals surface area contributed by atoms with Gasteiger partial charge in [0.1, 0.15) is 0 Å². The average molecular weight is 487 g/mol. The molecule has 0 fully saturated rings. The van der Waals surface area contributed by atoms with Crippen LogP contribution >= 0.6 is 11.6 Å². The molecule has 0 heterocycles. The molecule has 3 aromatic rings. The van der Waals surface area contributed by atoms with Crippen molar-refractivity contribution in [1.82, 2.24) is 5.32 Å². The van der Waals surface area contributed by atoms with Gasteiger partial charge in [-0.1, -0.05) is 48.0 Å². The highest BCUT2D eigenvalue weighted by molar-refractivity contribution is 7.92. The molecule has 0 saturated carbocycles. The summed E-state index contributed by atoms with van der Waals surface area (Å²) in [5, 5.41) is 12.7. The fourth-order valence-electron chi connectivity index (χ4n) is 3.34. The van der Waals surface area contributed by atoms with Crippen LogP contribution in [-0.4, -0.2) is 37.7 Å². The van der Waals surface area contributed by atoms with E-state index in [9.17, 15) is 23.1 Å². The van der Waals surface area contributed by atoms with Gasteiger partial charge in [0.15, 0.2) is 0 Å². The van der Waals surface area contributed by atoms with E-state index >= 15 is 0 Å². The quantitative estimate of drug-likeness (QED) is 0.419. The van der Waals surface area contributed by atoms with E-state index in [0.717, 1.165) is 22.9 Å². The van der Waals surface area contributed by atoms with Crippen molar-refractivity contribution in [2.75, 3.05) is 11.0 Å². The predicted molar refractivity (Wildman–Crippen MR) is 129 cm³/mol. The van der Waals surface area contributed by atoms with Crippen molar-refractivity contribution in [2.24, 2.45) is 0 Å². The number of rotatable bonds is 9. The Hall–Kier alpha value is -3.36. The Morgan fingerprint density at radius 1 is 0.970 bits per heavy atom. The molecule has 0 spiro atoms. The minimum absolute atomic E-state index is 0.241. The van der Waals surface area contributed by atoms with E-state index in [1.807, 2.05) is 42.5 Å². The predicted octanol–water partition coefficient (Wildman–Crippen LogP) is 4.19. The van der Waals surface area contributed by atoms with Crippen molar-refractivity contribution in [3.05, 3.63) is 88.9 Å². The summed E-state index contributed by atoms with van der Waals surface area (Å²) in [6.45, 7) is 0. The second-order valence-electron chi connectivity index (χ2n) is 7.63. The van der Waals surface area contributed by atoms with E-state index < -0.39 is 27.9 Å². The van der Waals surface area contributed by atoms with Crippen LogP contribution in [0, 0.1) is 0 Å². The van der Waals surface area contributed by atoms with E-state index in [1.54, 1.807) is 6.07 Å². The molecular formula is C24H23ClN2O5S. The Morgan fingerprint density at radius 2 is 1.64 bits per heavy atom. The Bertz CT molecular complexity index is 1240. The minimum Gasteiger partial charge on any atom is -0.481 e. The number of aliphatic carboxylic acids is 1. The van der Waals surface area contributed by atoms with Crippen molar-refractivity contribution < 1.29 is 23.1 Å². The number of carbonyl (C=O) groups excluding carboxylic acids is 1. The van der Waals surface area contributed by atoms with Gasteiger partial charge in [-0.25, -0.2) is 8.42 Å². The van der Waals surface area contributed by atoms with Gasteiger partial charge >= 0.3 is 5.97 Å². The summed E-state index contributed by atoms with van der Waals surface area (Å²) in [6, 6.07) is 20.4. The summed E-state index contributed by atoms with van der Waals surface area (Å²) in [4.78, 5) is 24.0. The highest BCUT2D eigenvalue weighted by atomic mass is 35.5. The van der Waals surface area contributed by atoms with Crippen molar-refractivity contribution in [3.8, 4) is 11.1 Å². The lowest BCUT2D eigenvalue weighted by molar-refractivity contribution is -0.137. The summed E-state index contributed by atoms with van der Waals surface area (Å²) in [5.74, 6) is -1.47. The lowest BCUT2D eigenvalue weighted by Crippen LogP contribution is -2.38. The zero-order chi connectivity index (χ0) is 24.0. The Morgan fingerprint density at radius 3 is 2.21 bits per heavy atom. The third kappa shape index (κ3) is 7.62. The third-order valence-corrected chi connectivity index (χ3v) is 5.64. The molecule has 0 unspecified atom stereocenters. The number of carboxylic acids is 1. The maximum Gasteiger partial charge on any atom is 0.305 e. The largest absolute Gasteiger partial charge is 0.481 e. The Kier molecular flexibility index (Phi) is 7.73. The van der Waals surface area contributed by atoms with Crippen LogP contribution in [0.15, 0.2) is 72.8 Å². The molecule has 1 atom stereocenters. The molecule has 0 radical (unpaired) electrons. The van der Waals surface area contributed by atoms with Crippen molar-refractivity contribution in [3.63, 3.8) is 0 Å². The average Bonchev–Trinajstić information content (AvgIpc) is 2.73. The maximum atomic E-state index is 12.6. The SMILES string of the molecule is CS(=O)(=O)Nc1ccc(C(=O)N[C@@H](CC(=O)O)Cc2ccc(-c3cccc(Cl)c3)cc2)cc1. The molecule has 7 nitrogen and oxygen atoms in total. The fraction of sp³-hybridized carbons (Fsp3) is 0.167. The number of carboxylic acid groups (broad SMARTS) is 1. The lowest BCUT2D eigenvalue weighted by Gasteiger charge is -2.18. The number of halogens is 1. The third-order valence-electron chi connectivity index (χ3n) is 4.80. The first-order valence-electron chi connectivity index (χ1n) is 10.0. The number of hydrogen-bond acceptors (Lipinski definition) is 4. The zero-order valence-electron chi connectivity index (χ0n) is 17.8. The smallest absolute Gasteiger partial charge is 0.305 e. The van der Waals surface area contributed by atoms with Crippen molar-refractivity contribution in [1.29, 1.82) is 0 Å². The first-order chi connectivity index (χ1) is 15.6. The second kappa shape index (κ2) is 10.5. The molecular weight excluding hydrogens is 464 g/mol. The minimum atomic E-state index is -3.42. The molecule has 0 bridgehead atoms. The molecule has 3 rings (SSSR count). The van der Waals surface area contributed by atoms with Gasteiger partial charge < -0.3 is 10.4 Å². The van der Waals surface area contributed by atoms with Crippen LogP contribution in [0.25, 0.3) is 11.1 Å². The molecule has 0 saturated heterocycles. The molecule has 9 heteroatoms. The van der Waals surface area contributed by atoms with E-state index in [2.05, 4.69) is 10.0 Å². The van der Waals surface area contributed by atoms with E-state index in [4.69, 9.17) is 11.6 Å². The summed E-state index contributed by atoms with van der Waals surface area (Å²) in [6.07, 6.45) is 1.13. The Labute approximate surface area is 197 Å². The summed E-state index contributed by atoms with van der Waals surface area (Å²) in [5.41, 5.74) is 3.44. The molecule has 0 aromatic heterocycles. The van der Waals surface area contributed by atoms with Gasteiger partial charge in [-0.15, -0.1) is 0 Å². The van der Waals surface area contributed by atoms with Crippen LogP contribution in [-0.2, 0) is 21.2 Å². The van der Waals surface area contributed by atoms with Crippen LogP contribution in [0.3, 0.4) is 0 Å². The highest BCUT2D eigenvalue weighted by Gasteiger charge is 2.18.